The molecule has 5 heteroatoms. The van der Waals surface area contributed by atoms with E-state index < -0.39 is 0 Å². The van der Waals surface area contributed by atoms with Crippen molar-refractivity contribution in [3.63, 3.8) is 0 Å². The Kier molecular flexibility index (Phi) is 5.32. The third-order valence-corrected chi connectivity index (χ3v) is 9.91. The lowest BCUT2D eigenvalue weighted by Gasteiger charge is -2.12. The number of aromatic nitrogens is 4. The first-order chi connectivity index (χ1) is 24.3. The lowest BCUT2D eigenvalue weighted by molar-refractivity contribution is 0.669. The summed E-state index contributed by atoms with van der Waals surface area (Å²) in [5, 5.41) is 7.95. The first-order valence-electron chi connectivity index (χ1n) is 16.5. The highest BCUT2D eigenvalue weighted by Gasteiger charge is 2.23. The summed E-state index contributed by atoms with van der Waals surface area (Å²) in [6.07, 6.45) is 0. The Morgan fingerprint density at radius 2 is 1.10 bits per heavy atom. The van der Waals surface area contributed by atoms with Gasteiger partial charge in [-0.2, -0.15) is 0 Å². The summed E-state index contributed by atoms with van der Waals surface area (Å²) in [6, 6.07) is 55.2. The predicted molar refractivity (Wildman–Crippen MR) is 201 cm³/mol. The smallest absolute Gasteiger partial charge is 0.235 e. The molecule has 11 rings (SSSR count). The van der Waals surface area contributed by atoms with Crippen LogP contribution in [0.2, 0.25) is 0 Å². The molecular formula is C44H26N4O. The molecule has 0 N–H and O–H groups in total. The highest BCUT2D eigenvalue weighted by molar-refractivity contribution is 6.27. The van der Waals surface area contributed by atoms with E-state index in [0.717, 1.165) is 82.6 Å². The Labute approximate surface area is 279 Å². The molecule has 4 aromatic heterocycles. The van der Waals surface area contributed by atoms with Crippen molar-refractivity contribution >= 4 is 76.5 Å². The Morgan fingerprint density at radius 1 is 0.429 bits per heavy atom. The number of furan rings is 1. The van der Waals surface area contributed by atoms with E-state index in [0.29, 0.717) is 5.95 Å². The normalized spacial score (nSPS) is 12.1. The molecule has 0 atom stereocenters. The minimum atomic E-state index is 0.647. The van der Waals surface area contributed by atoms with Crippen molar-refractivity contribution < 1.29 is 4.42 Å². The molecule has 0 bridgehead atoms. The molecule has 0 aliphatic carbocycles. The molecule has 5 nitrogen and oxygen atoms in total. The van der Waals surface area contributed by atoms with Gasteiger partial charge in [-0.3, -0.25) is 4.57 Å². The van der Waals surface area contributed by atoms with Gasteiger partial charge in [0.2, 0.25) is 5.95 Å². The van der Waals surface area contributed by atoms with Gasteiger partial charge >= 0.3 is 0 Å². The molecule has 0 amide bonds. The molecule has 11 aromatic rings. The van der Waals surface area contributed by atoms with Crippen LogP contribution >= 0.6 is 0 Å². The van der Waals surface area contributed by atoms with Crippen LogP contribution in [-0.4, -0.2) is 19.1 Å². The summed E-state index contributed by atoms with van der Waals surface area (Å²) >= 11 is 0. The molecule has 0 saturated heterocycles. The number of benzene rings is 7. The van der Waals surface area contributed by atoms with Crippen molar-refractivity contribution in [2.75, 3.05) is 0 Å². The van der Waals surface area contributed by atoms with Gasteiger partial charge in [0, 0.05) is 43.6 Å². The van der Waals surface area contributed by atoms with Crippen molar-refractivity contribution in [1.82, 2.24) is 19.1 Å². The number of hydrogen-bond acceptors (Lipinski definition) is 3. The first-order valence-corrected chi connectivity index (χ1v) is 16.5. The fraction of sp³-hybridized carbons (Fsp3) is 0. The van der Waals surface area contributed by atoms with Gasteiger partial charge < -0.3 is 8.98 Å². The zero-order valence-electron chi connectivity index (χ0n) is 26.2. The van der Waals surface area contributed by atoms with Gasteiger partial charge in [0.1, 0.15) is 11.2 Å². The van der Waals surface area contributed by atoms with Crippen molar-refractivity contribution in [2.24, 2.45) is 0 Å². The van der Waals surface area contributed by atoms with Crippen LogP contribution in [-0.2, 0) is 0 Å². The van der Waals surface area contributed by atoms with Gasteiger partial charge in [0.15, 0.2) is 0 Å². The number of fused-ring (bicyclic) bond motifs is 11. The molecule has 7 aromatic carbocycles. The average Bonchev–Trinajstić information content (AvgIpc) is 3.81. The maximum Gasteiger partial charge on any atom is 0.235 e. The topological polar surface area (TPSA) is 48.8 Å². The largest absolute Gasteiger partial charge is 0.456 e. The van der Waals surface area contributed by atoms with E-state index in [4.69, 9.17) is 14.4 Å². The van der Waals surface area contributed by atoms with Crippen LogP contribution in [0.25, 0.3) is 99.3 Å². The molecule has 0 saturated carbocycles. The number of hydrogen-bond donors (Lipinski definition) is 0. The number of para-hydroxylation sites is 4. The summed E-state index contributed by atoms with van der Waals surface area (Å²) in [4.78, 5) is 10.5. The first kappa shape index (κ1) is 26.4. The van der Waals surface area contributed by atoms with Gasteiger partial charge in [-0.25, -0.2) is 9.97 Å². The zero-order valence-corrected chi connectivity index (χ0v) is 26.2. The van der Waals surface area contributed by atoms with Crippen LogP contribution in [0, 0.1) is 0 Å². The van der Waals surface area contributed by atoms with Crippen molar-refractivity contribution in [2.45, 2.75) is 0 Å². The molecule has 4 heterocycles. The van der Waals surface area contributed by atoms with E-state index in [1.807, 2.05) is 24.3 Å². The van der Waals surface area contributed by atoms with Crippen LogP contribution in [0.3, 0.4) is 0 Å². The minimum absolute atomic E-state index is 0.647. The van der Waals surface area contributed by atoms with Gasteiger partial charge in [0.25, 0.3) is 0 Å². The maximum atomic E-state index is 6.39. The second-order valence-corrected chi connectivity index (χ2v) is 12.6. The molecule has 0 aliphatic rings. The van der Waals surface area contributed by atoms with Crippen LogP contribution in [0.1, 0.15) is 0 Å². The SMILES string of the molecule is c1ccc(-c2nc(-n3c4ccccc4c4cc5c6ccc7oc8ccccc8c7c6n(-c6ccccc6)c5cc43)nc3ccccc23)cc1. The number of rotatable bonds is 3. The molecule has 228 valence electrons. The predicted octanol–water partition coefficient (Wildman–Crippen LogP) is 11.4. The lowest BCUT2D eigenvalue weighted by Crippen LogP contribution is -2.03. The maximum absolute atomic E-state index is 6.39. The van der Waals surface area contributed by atoms with Gasteiger partial charge in [-0.1, -0.05) is 103 Å². The summed E-state index contributed by atoms with van der Waals surface area (Å²) in [5.41, 5.74) is 10.1. The van der Waals surface area contributed by atoms with E-state index >= 15 is 0 Å². The summed E-state index contributed by atoms with van der Waals surface area (Å²) in [7, 11) is 0. The molecule has 0 radical (unpaired) electrons. The van der Waals surface area contributed by atoms with Crippen molar-refractivity contribution in [3.8, 4) is 22.9 Å². The standard InChI is InChI=1S/C44H26N4O/c1-3-13-27(14-4-1)42-31-18-7-10-20-35(31)45-44(46-42)48-36-21-11-8-17-29(36)33-25-34-30-23-24-40-41(32-19-9-12-22-39(32)49-40)43(30)47(37(34)26-38(33)48)28-15-5-2-6-16-28/h1-26H. The second-order valence-electron chi connectivity index (χ2n) is 12.6. The molecule has 0 fully saturated rings. The van der Waals surface area contributed by atoms with E-state index in [1.54, 1.807) is 0 Å². The third kappa shape index (κ3) is 3.70. The van der Waals surface area contributed by atoms with E-state index in [2.05, 4.69) is 143 Å². The summed E-state index contributed by atoms with van der Waals surface area (Å²) < 4.78 is 11.0. The van der Waals surface area contributed by atoms with Gasteiger partial charge in [-0.15, -0.1) is 0 Å². The fourth-order valence-corrected chi connectivity index (χ4v) is 7.81. The van der Waals surface area contributed by atoms with Crippen LogP contribution in [0.4, 0.5) is 0 Å². The fourth-order valence-electron chi connectivity index (χ4n) is 7.81. The Bertz CT molecular complexity index is 3100. The van der Waals surface area contributed by atoms with Crippen molar-refractivity contribution in [1.29, 1.82) is 0 Å². The third-order valence-electron chi connectivity index (χ3n) is 9.91. The van der Waals surface area contributed by atoms with E-state index in [-0.39, 0.29) is 0 Å². The molecule has 0 spiro atoms. The van der Waals surface area contributed by atoms with E-state index in [1.165, 1.54) is 10.8 Å². The summed E-state index contributed by atoms with van der Waals surface area (Å²) in [5.74, 6) is 0.647. The summed E-state index contributed by atoms with van der Waals surface area (Å²) in [6.45, 7) is 0. The van der Waals surface area contributed by atoms with Gasteiger partial charge in [-0.05, 0) is 54.6 Å². The molecule has 0 unspecified atom stereocenters. The number of nitrogens with zero attached hydrogens (tertiary/aromatic N) is 4. The quantitative estimate of drug-likeness (QED) is 0.196. The average molecular weight is 627 g/mol. The van der Waals surface area contributed by atoms with Crippen molar-refractivity contribution in [3.05, 3.63) is 158 Å². The molecule has 0 aliphatic heterocycles. The Morgan fingerprint density at radius 3 is 1.96 bits per heavy atom. The van der Waals surface area contributed by atoms with Crippen LogP contribution < -0.4 is 0 Å². The molecular weight excluding hydrogens is 601 g/mol. The van der Waals surface area contributed by atoms with Gasteiger partial charge in [0.05, 0.1) is 38.7 Å². The Balaban J connectivity index is 1.32. The van der Waals surface area contributed by atoms with Crippen LogP contribution in [0.5, 0.6) is 0 Å². The van der Waals surface area contributed by atoms with E-state index in [9.17, 15) is 0 Å². The monoisotopic (exact) mass is 626 g/mol. The zero-order chi connectivity index (χ0) is 32.1. The minimum Gasteiger partial charge on any atom is -0.456 e. The highest BCUT2D eigenvalue weighted by Crippen LogP contribution is 2.43. The lowest BCUT2D eigenvalue weighted by atomic mass is 10.1. The van der Waals surface area contributed by atoms with Crippen LogP contribution in [0.15, 0.2) is 162 Å². The highest BCUT2D eigenvalue weighted by atomic mass is 16.3. The second kappa shape index (κ2) is 9.89. The Hall–Kier alpha value is -6.72. The molecule has 49 heavy (non-hydrogen) atoms.